The highest BCUT2D eigenvalue weighted by molar-refractivity contribution is 9.10. The molecule has 0 unspecified atom stereocenters. The van der Waals surface area contributed by atoms with Crippen LogP contribution in [0.2, 0.25) is 0 Å². The van der Waals surface area contributed by atoms with E-state index in [9.17, 15) is 0 Å². The summed E-state index contributed by atoms with van der Waals surface area (Å²) in [5.74, 6) is 0.902. The Hall–Kier alpha value is -0.580. The van der Waals surface area contributed by atoms with Crippen LogP contribution in [0, 0.1) is 0 Å². The number of ether oxygens (including phenoxy) is 1. The van der Waals surface area contributed by atoms with Crippen molar-refractivity contribution >= 4 is 15.9 Å². The molecule has 94 valence electrons. The zero-order chi connectivity index (χ0) is 12.3. The molecule has 0 amide bonds. The highest BCUT2D eigenvalue weighted by atomic mass is 79.9. The van der Waals surface area contributed by atoms with Crippen molar-refractivity contribution in [3.63, 3.8) is 0 Å². The van der Waals surface area contributed by atoms with E-state index in [0.29, 0.717) is 0 Å². The maximum atomic E-state index is 5.20. The number of rotatable bonds is 3. The van der Waals surface area contributed by atoms with Crippen molar-refractivity contribution in [2.24, 2.45) is 0 Å². The fourth-order valence-corrected chi connectivity index (χ4v) is 2.51. The predicted octanol–water partition coefficient (Wildman–Crippen LogP) is 2.21. The van der Waals surface area contributed by atoms with Crippen LogP contribution in [0.4, 0.5) is 0 Å². The van der Waals surface area contributed by atoms with Crippen molar-refractivity contribution in [3.05, 3.63) is 28.2 Å². The molecule has 1 aromatic carbocycles. The van der Waals surface area contributed by atoms with Crippen molar-refractivity contribution < 1.29 is 4.74 Å². The third-order valence-corrected chi connectivity index (χ3v) is 3.99. The molecule has 1 fully saturated rings. The first-order chi connectivity index (χ1) is 8.19. The number of hydrogen-bond acceptors (Lipinski definition) is 3. The molecule has 0 spiro atoms. The SMILES string of the molecule is COc1ccc(CN2CCN(C)CC2)c(Br)c1. The number of hydrogen-bond donors (Lipinski definition) is 0. The molecule has 0 N–H and O–H groups in total. The normalized spacial score (nSPS) is 18.3. The minimum absolute atomic E-state index is 0.902. The summed E-state index contributed by atoms with van der Waals surface area (Å²) < 4.78 is 6.34. The lowest BCUT2D eigenvalue weighted by molar-refractivity contribution is 0.148. The third kappa shape index (κ3) is 3.44. The standard InChI is InChI=1S/C13H19BrN2O/c1-15-5-7-16(8-6-15)10-11-3-4-12(17-2)9-13(11)14/h3-4,9H,5-8,10H2,1-2H3. The van der Waals surface area contributed by atoms with Gasteiger partial charge in [-0.15, -0.1) is 0 Å². The van der Waals surface area contributed by atoms with Crippen LogP contribution in [0.25, 0.3) is 0 Å². The molecule has 17 heavy (non-hydrogen) atoms. The first-order valence-corrected chi connectivity index (χ1v) is 6.71. The summed E-state index contributed by atoms with van der Waals surface area (Å²) in [6.45, 7) is 5.63. The van der Waals surface area contributed by atoms with E-state index < -0.39 is 0 Å². The quantitative estimate of drug-likeness (QED) is 0.851. The lowest BCUT2D eigenvalue weighted by atomic mass is 10.2. The Morgan fingerprint density at radius 3 is 2.53 bits per heavy atom. The number of methoxy groups -OCH3 is 1. The van der Waals surface area contributed by atoms with E-state index in [1.807, 2.05) is 12.1 Å². The molecule has 1 saturated heterocycles. The first kappa shape index (κ1) is 12.9. The molecule has 3 nitrogen and oxygen atoms in total. The topological polar surface area (TPSA) is 15.7 Å². The molecule has 0 aromatic heterocycles. The van der Waals surface area contributed by atoms with Gasteiger partial charge in [0.05, 0.1) is 7.11 Å². The molecule has 1 aliphatic heterocycles. The van der Waals surface area contributed by atoms with E-state index in [1.54, 1.807) is 7.11 Å². The van der Waals surface area contributed by atoms with Gasteiger partial charge in [-0.1, -0.05) is 22.0 Å². The molecule has 4 heteroatoms. The van der Waals surface area contributed by atoms with Gasteiger partial charge in [0.1, 0.15) is 5.75 Å². The minimum atomic E-state index is 0.902. The predicted molar refractivity (Wildman–Crippen MR) is 73.5 cm³/mol. The van der Waals surface area contributed by atoms with Crippen LogP contribution in [0.5, 0.6) is 5.75 Å². The van der Waals surface area contributed by atoms with Gasteiger partial charge in [0, 0.05) is 37.2 Å². The fraction of sp³-hybridized carbons (Fsp3) is 0.538. The minimum Gasteiger partial charge on any atom is -0.497 e. The molecule has 1 aromatic rings. The molecule has 1 heterocycles. The van der Waals surface area contributed by atoms with Gasteiger partial charge >= 0.3 is 0 Å². The van der Waals surface area contributed by atoms with Gasteiger partial charge in [-0.25, -0.2) is 0 Å². The first-order valence-electron chi connectivity index (χ1n) is 5.92. The van der Waals surface area contributed by atoms with Gasteiger partial charge in [0.15, 0.2) is 0 Å². The molecule has 2 rings (SSSR count). The number of benzene rings is 1. The van der Waals surface area contributed by atoms with Gasteiger partial charge in [0.2, 0.25) is 0 Å². The monoisotopic (exact) mass is 298 g/mol. The van der Waals surface area contributed by atoms with Crippen molar-refractivity contribution in [2.75, 3.05) is 40.3 Å². The van der Waals surface area contributed by atoms with Crippen LogP contribution in [0.1, 0.15) is 5.56 Å². The van der Waals surface area contributed by atoms with E-state index >= 15 is 0 Å². The molecular formula is C13H19BrN2O. The molecule has 0 saturated carbocycles. The molecule has 1 aliphatic rings. The molecule has 0 radical (unpaired) electrons. The third-order valence-electron chi connectivity index (χ3n) is 3.25. The van der Waals surface area contributed by atoms with E-state index in [1.165, 1.54) is 5.56 Å². The zero-order valence-electron chi connectivity index (χ0n) is 10.4. The lowest BCUT2D eigenvalue weighted by Gasteiger charge is -2.32. The lowest BCUT2D eigenvalue weighted by Crippen LogP contribution is -2.43. The zero-order valence-corrected chi connectivity index (χ0v) is 12.0. The fourth-order valence-electron chi connectivity index (χ4n) is 2.03. The second-order valence-electron chi connectivity index (χ2n) is 4.54. The van der Waals surface area contributed by atoms with Gasteiger partial charge in [0.25, 0.3) is 0 Å². The highest BCUT2D eigenvalue weighted by Gasteiger charge is 2.14. The van der Waals surface area contributed by atoms with Crippen LogP contribution < -0.4 is 4.74 Å². The Morgan fingerprint density at radius 1 is 1.24 bits per heavy atom. The smallest absolute Gasteiger partial charge is 0.120 e. The molecule has 0 atom stereocenters. The summed E-state index contributed by atoms with van der Waals surface area (Å²) in [4.78, 5) is 4.87. The van der Waals surface area contributed by atoms with E-state index in [0.717, 1.165) is 42.9 Å². The molecule has 0 aliphatic carbocycles. The van der Waals surface area contributed by atoms with Crippen LogP contribution in [0.3, 0.4) is 0 Å². The maximum Gasteiger partial charge on any atom is 0.120 e. The Morgan fingerprint density at radius 2 is 1.94 bits per heavy atom. The Labute approximate surface area is 111 Å². The van der Waals surface area contributed by atoms with Crippen LogP contribution in [0.15, 0.2) is 22.7 Å². The van der Waals surface area contributed by atoms with E-state index in [-0.39, 0.29) is 0 Å². The van der Waals surface area contributed by atoms with Crippen molar-refractivity contribution in [1.29, 1.82) is 0 Å². The summed E-state index contributed by atoms with van der Waals surface area (Å²) in [6.07, 6.45) is 0. The Balaban J connectivity index is 1.99. The average Bonchev–Trinajstić information content (AvgIpc) is 2.34. The Kier molecular flexibility index (Phi) is 4.42. The average molecular weight is 299 g/mol. The van der Waals surface area contributed by atoms with Crippen LogP contribution >= 0.6 is 15.9 Å². The summed E-state index contributed by atoms with van der Waals surface area (Å²) in [5, 5.41) is 0. The van der Waals surface area contributed by atoms with Crippen LogP contribution in [-0.2, 0) is 6.54 Å². The van der Waals surface area contributed by atoms with E-state index in [2.05, 4.69) is 38.8 Å². The van der Waals surface area contributed by atoms with Crippen LogP contribution in [-0.4, -0.2) is 50.1 Å². The molecule has 0 bridgehead atoms. The van der Waals surface area contributed by atoms with Gasteiger partial charge in [-0.2, -0.15) is 0 Å². The summed E-state index contributed by atoms with van der Waals surface area (Å²) in [7, 11) is 3.88. The summed E-state index contributed by atoms with van der Waals surface area (Å²) in [6, 6.07) is 6.20. The summed E-state index contributed by atoms with van der Waals surface area (Å²) >= 11 is 3.61. The molecular weight excluding hydrogens is 280 g/mol. The number of piperazine rings is 1. The van der Waals surface area contributed by atoms with Gasteiger partial charge in [-0.3, -0.25) is 4.90 Å². The second-order valence-corrected chi connectivity index (χ2v) is 5.39. The Bertz CT molecular complexity index is 376. The van der Waals surface area contributed by atoms with Gasteiger partial charge in [-0.05, 0) is 24.7 Å². The highest BCUT2D eigenvalue weighted by Crippen LogP contribution is 2.24. The van der Waals surface area contributed by atoms with Crippen molar-refractivity contribution in [3.8, 4) is 5.75 Å². The largest absolute Gasteiger partial charge is 0.497 e. The maximum absolute atomic E-state index is 5.20. The summed E-state index contributed by atoms with van der Waals surface area (Å²) in [5.41, 5.74) is 1.33. The van der Waals surface area contributed by atoms with Gasteiger partial charge < -0.3 is 9.64 Å². The number of halogens is 1. The van der Waals surface area contributed by atoms with Crippen molar-refractivity contribution in [2.45, 2.75) is 6.54 Å². The van der Waals surface area contributed by atoms with Crippen molar-refractivity contribution in [1.82, 2.24) is 9.80 Å². The number of nitrogens with zero attached hydrogens (tertiary/aromatic N) is 2. The second kappa shape index (κ2) is 5.85. The van der Waals surface area contributed by atoms with E-state index in [4.69, 9.17) is 4.74 Å². The number of likely N-dealkylation sites (N-methyl/N-ethyl adjacent to an activating group) is 1.